The zero-order valence-electron chi connectivity index (χ0n) is 13.0. The second-order valence-electron chi connectivity index (χ2n) is 5.54. The Morgan fingerprint density at radius 1 is 1.19 bits per heavy atom. The fourth-order valence-corrected chi connectivity index (χ4v) is 2.35. The monoisotopic (exact) mass is 293 g/mol. The lowest BCUT2D eigenvalue weighted by Crippen LogP contribution is -2.42. The maximum Gasteiger partial charge on any atom is 0.323 e. The molecule has 0 radical (unpaired) electrons. The molecule has 2 atom stereocenters. The Morgan fingerprint density at radius 3 is 2.48 bits per heavy atom. The smallest absolute Gasteiger partial charge is 0.323 e. The lowest BCUT2D eigenvalue weighted by atomic mass is 10.0. The number of nitrogens with one attached hydrogen (secondary N) is 1. The number of esters is 1. The minimum atomic E-state index is -0.335. The predicted molar refractivity (Wildman–Crippen MR) is 79.6 cm³/mol. The van der Waals surface area contributed by atoms with E-state index in [2.05, 4.69) is 5.32 Å². The van der Waals surface area contributed by atoms with Gasteiger partial charge in [0.15, 0.2) is 11.5 Å². The van der Waals surface area contributed by atoms with Crippen LogP contribution in [0.4, 0.5) is 0 Å². The Kier molecular flexibility index (Phi) is 5.07. The molecule has 1 aliphatic rings. The molecule has 0 amide bonds. The second kappa shape index (κ2) is 6.80. The Labute approximate surface area is 125 Å². The van der Waals surface area contributed by atoms with Crippen molar-refractivity contribution in [2.75, 3.05) is 20.3 Å². The van der Waals surface area contributed by atoms with Crippen LogP contribution in [0.2, 0.25) is 0 Å². The Morgan fingerprint density at radius 2 is 1.86 bits per heavy atom. The normalized spacial score (nSPS) is 16.4. The van der Waals surface area contributed by atoms with E-state index in [4.69, 9.17) is 14.2 Å². The van der Waals surface area contributed by atoms with Gasteiger partial charge in [-0.25, -0.2) is 0 Å². The lowest BCUT2D eigenvalue weighted by molar-refractivity contribution is -0.144. The van der Waals surface area contributed by atoms with Crippen molar-refractivity contribution in [1.82, 2.24) is 5.32 Å². The third-order valence-electron chi connectivity index (χ3n) is 3.62. The first-order chi connectivity index (χ1) is 10.0. The standard InChI is InChI=1S/C16H23NO4/c1-10(2)15(16(18)19-4)17-11(3)12-5-6-13-14(9-12)21-8-7-20-13/h5-6,9-11,15,17H,7-8H2,1-4H3/t11?,15-/m0/s1. The van der Waals surface area contributed by atoms with E-state index in [1.54, 1.807) is 0 Å². The maximum atomic E-state index is 11.8. The van der Waals surface area contributed by atoms with E-state index in [1.807, 2.05) is 39.0 Å². The molecule has 0 aliphatic carbocycles. The van der Waals surface area contributed by atoms with Crippen LogP contribution in [0, 0.1) is 5.92 Å². The summed E-state index contributed by atoms with van der Waals surface area (Å²) in [5, 5.41) is 3.32. The van der Waals surface area contributed by atoms with Gasteiger partial charge in [-0.2, -0.15) is 0 Å². The summed E-state index contributed by atoms with van der Waals surface area (Å²) in [6, 6.07) is 5.52. The summed E-state index contributed by atoms with van der Waals surface area (Å²) in [7, 11) is 1.41. The highest BCUT2D eigenvalue weighted by Crippen LogP contribution is 2.32. The van der Waals surface area contributed by atoms with Gasteiger partial charge in [0.25, 0.3) is 0 Å². The summed E-state index contributed by atoms with van der Waals surface area (Å²) in [6.45, 7) is 7.15. The number of rotatable bonds is 5. The number of fused-ring (bicyclic) bond motifs is 1. The molecule has 0 saturated heterocycles. The summed E-state index contributed by atoms with van der Waals surface area (Å²) >= 11 is 0. The molecular weight excluding hydrogens is 270 g/mol. The number of benzene rings is 1. The summed E-state index contributed by atoms with van der Waals surface area (Å²) in [4.78, 5) is 11.8. The highest BCUT2D eigenvalue weighted by molar-refractivity contribution is 5.76. The predicted octanol–water partition coefficient (Wildman–Crippen LogP) is 2.31. The van der Waals surface area contributed by atoms with Crippen molar-refractivity contribution in [3.05, 3.63) is 23.8 Å². The summed E-state index contributed by atoms with van der Waals surface area (Å²) in [5.74, 6) is 1.43. The third kappa shape index (κ3) is 3.67. The van der Waals surface area contributed by atoms with Crippen LogP contribution in [0.25, 0.3) is 0 Å². The molecular formula is C16H23NO4. The zero-order valence-corrected chi connectivity index (χ0v) is 13.0. The van der Waals surface area contributed by atoms with E-state index in [9.17, 15) is 4.79 Å². The van der Waals surface area contributed by atoms with Gasteiger partial charge in [0, 0.05) is 6.04 Å². The molecule has 5 heteroatoms. The minimum Gasteiger partial charge on any atom is -0.486 e. The first-order valence-corrected chi connectivity index (χ1v) is 7.26. The van der Waals surface area contributed by atoms with Crippen LogP contribution in [0.1, 0.15) is 32.4 Å². The first-order valence-electron chi connectivity index (χ1n) is 7.26. The van der Waals surface area contributed by atoms with Crippen LogP contribution < -0.4 is 14.8 Å². The van der Waals surface area contributed by atoms with Crippen LogP contribution in [0.15, 0.2) is 18.2 Å². The van der Waals surface area contributed by atoms with Gasteiger partial charge in [-0.05, 0) is 30.5 Å². The highest BCUT2D eigenvalue weighted by atomic mass is 16.6. The van der Waals surface area contributed by atoms with Gasteiger partial charge in [0.2, 0.25) is 0 Å². The van der Waals surface area contributed by atoms with E-state index < -0.39 is 0 Å². The molecule has 0 aromatic heterocycles. The van der Waals surface area contributed by atoms with Crippen molar-refractivity contribution in [2.24, 2.45) is 5.92 Å². The van der Waals surface area contributed by atoms with E-state index in [-0.39, 0.29) is 24.0 Å². The van der Waals surface area contributed by atoms with Gasteiger partial charge < -0.3 is 14.2 Å². The molecule has 1 heterocycles. The number of carbonyl (C=O) groups is 1. The Balaban J connectivity index is 2.12. The van der Waals surface area contributed by atoms with Crippen molar-refractivity contribution >= 4 is 5.97 Å². The first kappa shape index (κ1) is 15.6. The number of methoxy groups -OCH3 is 1. The van der Waals surface area contributed by atoms with Gasteiger partial charge in [-0.3, -0.25) is 10.1 Å². The molecule has 1 unspecified atom stereocenters. The average Bonchev–Trinajstić information content (AvgIpc) is 2.50. The Bertz CT molecular complexity index is 501. The summed E-state index contributed by atoms with van der Waals surface area (Å²) < 4.78 is 16.0. The quantitative estimate of drug-likeness (QED) is 0.844. The van der Waals surface area contributed by atoms with Crippen LogP contribution in [-0.2, 0) is 9.53 Å². The molecule has 21 heavy (non-hydrogen) atoms. The minimum absolute atomic E-state index is 0.00678. The fraction of sp³-hybridized carbons (Fsp3) is 0.562. The second-order valence-corrected chi connectivity index (χ2v) is 5.54. The molecule has 0 saturated carbocycles. The molecule has 0 fully saturated rings. The topological polar surface area (TPSA) is 56.8 Å². The molecule has 0 bridgehead atoms. The van der Waals surface area contributed by atoms with E-state index in [0.29, 0.717) is 13.2 Å². The largest absolute Gasteiger partial charge is 0.486 e. The van der Waals surface area contributed by atoms with Crippen LogP contribution in [-0.4, -0.2) is 32.3 Å². The SMILES string of the molecule is COC(=O)[C@@H](NC(C)c1ccc2c(c1)OCCO2)C(C)C. The zero-order chi connectivity index (χ0) is 15.4. The van der Waals surface area contributed by atoms with E-state index >= 15 is 0 Å². The molecule has 1 N–H and O–H groups in total. The lowest BCUT2D eigenvalue weighted by Gasteiger charge is -2.25. The van der Waals surface area contributed by atoms with Gasteiger partial charge in [-0.15, -0.1) is 0 Å². The van der Waals surface area contributed by atoms with Gasteiger partial charge in [-0.1, -0.05) is 19.9 Å². The van der Waals surface area contributed by atoms with Crippen LogP contribution >= 0.6 is 0 Å². The molecule has 2 rings (SSSR count). The van der Waals surface area contributed by atoms with E-state index in [0.717, 1.165) is 17.1 Å². The molecule has 5 nitrogen and oxygen atoms in total. The number of ether oxygens (including phenoxy) is 3. The van der Waals surface area contributed by atoms with Crippen molar-refractivity contribution < 1.29 is 19.0 Å². The van der Waals surface area contributed by atoms with Crippen molar-refractivity contribution in [3.63, 3.8) is 0 Å². The molecule has 116 valence electrons. The van der Waals surface area contributed by atoms with Crippen LogP contribution in [0.3, 0.4) is 0 Å². The Hall–Kier alpha value is -1.75. The van der Waals surface area contributed by atoms with E-state index in [1.165, 1.54) is 7.11 Å². The molecule has 1 aliphatic heterocycles. The molecule has 0 spiro atoms. The third-order valence-corrected chi connectivity index (χ3v) is 3.62. The number of hydrogen-bond donors (Lipinski definition) is 1. The summed E-state index contributed by atoms with van der Waals surface area (Å²) in [6.07, 6.45) is 0. The number of hydrogen-bond acceptors (Lipinski definition) is 5. The fourth-order valence-electron chi connectivity index (χ4n) is 2.35. The van der Waals surface area contributed by atoms with Crippen molar-refractivity contribution in [3.8, 4) is 11.5 Å². The van der Waals surface area contributed by atoms with Gasteiger partial charge in [0.1, 0.15) is 19.3 Å². The molecule has 1 aromatic carbocycles. The van der Waals surface area contributed by atoms with Gasteiger partial charge in [0.05, 0.1) is 7.11 Å². The van der Waals surface area contributed by atoms with Crippen LogP contribution in [0.5, 0.6) is 11.5 Å². The van der Waals surface area contributed by atoms with Gasteiger partial charge >= 0.3 is 5.97 Å². The number of carbonyl (C=O) groups excluding carboxylic acids is 1. The maximum absolute atomic E-state index is 11.8. The van der Waals surface area contributed by atoms with Crippen molar-refractivity contribution in [2.45, 2.75) is 32.9 Å². The molecule has 1 aromatic rings. The highest BCUT2D eigenvalue weighted by Gasteiger charge is 2.25. The summed E-state index contributed by atoms with van der Waals surface area (Å²) in [5.41, 5.74) is 1.05. The van der Waals surface area contributed by atoms with Crippen molar-refractivity contribution in [1.29, 1.82) is 0 Å². The average molecular weight is 293 g/mol.